The summed E-state index contributed by atoms with van der Waals surface area (Å²) in [5, 5.41) is 2.06. The molecule has 5 heteroatoms. The number of hydrogen-bond acceptors (Lipinski definition) is 2. The molecular formula is C17H20F2N2S. The van der Waals surface area contributed by atoms with Crippen LogP contribution in [0.25, 0.3) is 0 Å². The Kier molecular flexibility index (Phi) is 4.71. The fourth-order valence-corrected chi connectivity index (χ4v) is 4.06. The van der Waals surface area contributed by atoms with Gasteiger partial charge in [0.1, 0.15) is 11.5 Å². The number of aryl methyl sites for hydroxylation is 1. The Balaban J connectivity index is 2.02. The number of halogens is 2. The molecular weight excluding hydrogens is 302 g/mol. The van der Waals surface area contributed by atoms with Crippen molar-refractivity contribution in [1.29, 1.82) is 0 Å². The molecule has 0 spiro atoms. The van der Waals surface area contributed by atoms with Crippen molar-refractivity contribution in [3.05, 3.63) is 45.7 Å². The van der Waals surface area contributed by atoms with Crippen LogP contribution in [0.1, 0.15) is 50.3 Å². The minimum atomic E-state index is -0.613. The maximum Gasteiger partial charge on any atom is 0.190 e. The van der Waals surface area contributed by atoms with Crippen molar-refractivity contribution < 1.29 is 8.78 Å². The zero-order chi connectivity index (χ0) is 15.5. The summed E-state index contributed by atoms with van der Waals surface area (Å²) in [4.78, 5) is 5.25. The molecule has 0 aliphatic heterocycles. The van der Waals surface area contributed by atoms with Gasteiger partial charge >= 0.3 is 0 Å². The van der Waals surface area contributed by atoms with Gasteiger partial charge in [-0.2, -0.15) is 0 Å². The van der Waals surface area contributed by atoms with E-state index in [2.05, 4.69) is 21.9 Å². The fraction of sp³-hybridized carbons (Fsp3) is 0.471. The van der Waals surface area contributed by atoms with E-state index in [9.17, 15) is 8.78 Å². The molecule has 0 amide bonds. The first-order chi connectivity index (χ1) is 10.6. The van der Waals surface area contributed by atoms with Crippen LogP contribution in [0, 0.1) is 18.6 Å². The standard InChI is InChI=1S/C17H20F2N2S/c1-12-11-22-17(20-16-9-8-13(18)10-15(16)19)21(12)14-6-4-2-3-5-7-14/h8-11,14H,2-7H2,1H3. The summed E-state index contributed by atoms with van der Waals surface area (Å²) in [6.45, 7) is 2.07. The van der Waals surface area contributed by atoms with Crippen molar-refractivity contribution in [2.24, 2.45) is 4.99 Å². The van der Waals surface area contributed by atoms with Crippen molar-refractivity contribution in [2.45, 2.75) is 51.5 Å². The summed E-state index contributed by atoms with van der Waals surface area (Å²) in [6.07, 6.45) is 7.35. The summed E-state index contributed by atoms with van der Waals surface area (Å²) in [6, 6.07) is 3.97. The van der Waals surface area contributed by atoms with E-state index in [0.717, 1.165) is 29.4 Å². The Bertz CT molecular complexity index is 710. The van der Waals surface area contributed by atoms with Gasteiger partial charge in [0.15, 0.2) is 10.6 Å². The minimum Gasteiger partial charge on any atom is -0.318 e. The highest BCUT2D eigenvalue weighted by Gasteiger charge is 2.17. The number of nitrogens with zero attached hydrogens (tertiary/aromatic N) is 2. The molecule has 0 radical (unpaired) electrons. The molecule has 0 bridgehead atoms. The van der Waals surface area contributed by atoms with Gasteiger partial charge in [-0.25, -0.2) is 13.8 Å². The average Bonchev–Trinajstić information content (AvgIpc) is 2.70. The van der Waals surface area contributed by atoms with E-state index in [4.69, 9.17) is 0 Å². The summed E-state index contributed by atoms with van der Waals surface area (Å²) >= 11 is 1.52. The van der Waals surface area contributed by atoms with Crippen LogP contribution >= 0.6 is 11.3 Å². The molecule has 1 aliphatic carbocycles. The third kappa shape index (κ3) is 3.29. The lowest BCUT2D eigenvalue weighted by Gasteiger charge is -2.18. The Hall–Kier alpha value is -1.49. The molecule has 22 heavy (non-hydrogen) atoms. The van der Waals surface area contributed by atoms with Gasteiger partial charge < -0.3 is 4.57 Å². The molecule has 0 unspecified atom stereocenters. The van der Waals surface area contributed by atoms with Gasteiger partial charge in [0.2, 0.25) is 0 Å². The highest BCUT2D eigenvalue weighted by Crippen LogP contribution is 2.28. The monoisotopic (exact) mass is 322 g/mol. The SMILES string of the molecule is Cc1csc(=Nc2ccc(F)cc2F)n1C1CCCCCC1. The maximum atomic E-state index is 13.8. The van der Waals surface area contributed by atoms with E-state index in [1.54, 1.807) is 0 Å². The Morgan fingerprint density at radius 3 is 2.55 bits per heavy atom. The van der Waals surface area contributed by atoms with Crippen LogP contribution in [-0.2, 0) is 0 Å². The Morgan fingerprint density at radius 1 is 1.14 bits per heavy atom. The number of hydrogen-bond donors (Lipinski definition) is 0. The van der Waals surface area contributed by atoms with Crippen LogP contribution in [-0.4, -0.2) is 4.57 Å². The van der Waals surface area contributed by atoms with E-state index in [1.165, 1.54) is 49.2 Å². The molecule has 1 fully saturated rings. The summed E-state index contributed by atoms with van der Waals surface area (Å²) in [7, 11) is 0. The number of aromatic nitrogens is 1. The first-order valence-electron chi connectivity index (χ1n) is 7.81. The number of rotatable bonds is 2. The lowest BCUT2D eigenvalue weighted by atomic mass is 10.1. The zero-order valence-corrected chi connectivity index (χ0v) is 13.5. The van der Waals surface area contributed by atoms with Crippen LogP contribution in [0.15, 0.2) is 28.6 Å². The maximum absolute atomic E-state index is 13.8. The molecule has 1 aromatic heterocycles. The molecule has 1 heterocycles. The predicted molar refractivity (Wildman–Crippen MR) is 85.4 cm³/mol. The Morgan fingerprint density at radius 2 is 1.86 bits per heavy atom. The van der Waals surface area contributed by atoms with Crippen molar-refractivity contribution >= 4 is 17.0 Å². The van der Waals surface area contributed by atoms with Crippen LogP contribution in [0.2, 0.25) is 0 Å². The van der Waals surface area contributed by atoms with Gasteiger partial charge in [-0.15, -0.1) is 11.3 Å². The van der Waals surface area contributed by atoms with Crippen LogP contribution in [0.3, 0.4) is 0 Å². The smallest absolute Gasteiger partial charge is 0.190 e. The molecule has 0 atom stereocenters. The molecule has 1 aromatic carbocycles. The number of benzene rings is 1. The quantitative estimate of drug-likeness (QED) is 0.671. The molecule has 3 rings (SSSR count). The average molecular weight is 322 g/mol. The highest BCUT2D eigenvalue weighted by molar-refractivity contribution is 7.07. The second kappa shape index (κ2) is 6.73. The second-order valence-corrected chi connectivity index (χ2v) is 6.72. The molecule has 1 saturated carbocycles. The molecule has 2 nitrogen and oxygen atoms in total. The first kappa shape index (κ1) is 15.4. The van der Waals surface area contributed by atoms with Gasteiger partial charge in [-0.1, -0.05) is 25.7 Å². The largest absolute Gasteiger partial charge is 0.318 e. The summed E-state index contributed by atoms with van der Waals surface area (Å²) < 4.78 is 29.1. The van der Waals surface area contributed by atoms with Crippen molar-refractivity contribution in [3.8, 4) is 0 Å². The first-order valence-corrected chi connectivity index (χ1v) is 8.69. The third-order valence-electron chi connectivity index (χ3n) is 4.24. The van der Waals surface area contributed by atoms with Gasteiger partial charge in [-0.05, 0) is 31.9 Å². The predicted octanol–water partition coefficient (Wildman–Crippen LogP) is 5.26. The van der Waals surface area contributed by atoms with E-state index in [1.807, 2.05) is 0 Å². The number of thiazole rings is 1. The molecule has 0 saturated heterocycles. The fourth-order valence-electron chi connectivity index (χ4n) is 3.12. The molecule has 0 N–H and O–H groups in total. The van der Waals surface area contributed by atoms with E-state index >= 15 is 0 Å². The van der Waals surface area contributed by atoms with Crippen LogP contribution in [0.5, 0.6) is 0 Å². The van der Waals surface area contributed by atoms with Crippen LogP contribution < -0.4 is 4.80 Å². The molecule has 118 valence electrons. The zero-order valence-electron chi connectivity index (χ0n) is 12.7. The molecule has 2 aromatic rings. The lowest BCUT2D eigenvalue weighted by molar-refractivity contribution is 0.428. The van der Waals surface area contributed by atoms with Gasteiger partial charge in [0.25, 0.3) is 0 Å². The van der Waals surface area contributed by atoms with E-state index in [0.29, 0.717) is 6.04 Å². The third-order valence-corrected chi connectivity index (χ3v) is 5.19. The van der Waals surface area contributed by atoms with Gasteiger partial charge in [0, 0.05) is 23.2 Å². The summed E-state index contributed by atoms with van der Waals surface area (Å²) in [5.41, 5.74) is 1.36. The van der Waals surface area contributed by atoms with Crippen LogP contribution in [0.4, 0.5) is 14.5 Å². The van der Waals surface area contributed by atoms with Gasteiger partial charge in [0.05, 0.1) is 0 Å². The van der Waals surface area contributed by atoms with Gasteiger partial charge in [-0.3, -0.25) is 0 Å². The van der Waals surface area contributed by atoms with Crippen molar-refractivity contribution in [3.63, 3.8) is 0 Å². The van der Waals surface area contributed by atoms with E-state index < -0.39 is 11.6 Å². The second-order valence-electron chi connectivity index (χ2n) is 5.88. The van der Waals surface area contributed by atoms with Crippen molar-refractivity contribution in [2.75, 3.05) is 0 Å². The lowest BCUT2D eigenvalue weighted by Crippen LogP contribution is -2.21. The van der Waals surface area contributed by atoms with E-state index in [-0.39, 0.29) is 5.69 Å². The molecule has 1 aliphatic rings. The Labute approximate surface area is 133 Å². The topological polar surface area (TPSA) is 17.3 Å². The minimum absolute atomic E-state index is 0.200. The highest BCUT2D eigenvalue weighted by atomic mass is 32.1. The summed E-state index contributed by atoms with van der Waals surface area (Å²) in [5.74, 6) is -1.19. The normalized spacial score (nSPS) is 17.7. The van der Waals surface area contributed by atoms with Crippen molar-refractivity contribution in [1.82, 2.24) is 4.57 Å².